The maximum absolute atomic E-state index is 11.8. The fourth-order valence-electron chi connectivity index (χ4n) is 1.58. The van der Waals surface area contributed by atoms with Crippen molar-refractivity contribution in [1.82, 2.24) is 4.98 Å². The van der Waals surface area contributed by atoms with E-state index in [9.17, 15) is 4.79 Å². The molecular formula is C13H14N2OS. The van der Waals surface area contributed by atoms with Crippen molar-refractivity contribution in [1.29, 1.82) is 0 Å². The Morgan fingerprint density at radius 3 is 2.88 bits per heavy atom. The Bertz CT molecular complexity index is 534. The van der Waals surface area contributed by atoms with Crippen LogP contribution in [-0.2, 0) is 11.2 Å². The average molecular weight is 246 g/mol. The summed E-state index contributed by atoms with van der Waals surface area (Å²) in [7, 11) is 0. The lowest BCUT2D eigenvalue weighted by molar-refractivity contribution is -0.115. The van der Waals surface area contributed by atoms with Crippen molar-refractivity contribution in [2.24, 2.45) is 0 Å². The number of hydrogen-bond donors (Lipinski definition) is 1. The van der Waals surface area contributed by atoms with E-state index in [4.69, 9.17) is 0 Å². The number of aryl methyl sites for hydroxylation is 2. The van der Waals surface area contributed by atoms with Gasteiger partial charge < -0.3 is 5.32 Å². The number of amides is 1. The monoisotopic (exact) mass is 246 g/mol. The second-order valence-corrected chi connectivity index (χ2v) is 5.22. The van der Waals surface area contributed by atoms with E-state index < -0.39 is 0 Å². The first kappa shape index (κ1) is 11.8. The zero-order valence-corrected chi connectivity index (χ0v) is 10.7. The minimum atomic E-state index is -0.0232. The second-order valence-electron chi connectivity index (χ2n) is 3.99. The predicted octanol–water partition coefficient (Wildman–Crippen LogP) is 2.94. The van der Waals surface area contributed by atoms with Crippen LogP contribution in [0.25, 0.3) is 0 Å². The Morgan fingerprint density at radius 2 is 2.24 bits per heavy atom. The molecule has 0 aliphatic heterocycles. The maximum Gasteiger partial charge on any atom is 0.230 e. The van der Waals surface area contributed by atoms with Crippen LogP contribution in [0.5, 0.6) is 0 Å². The summed E-state index contributed by atoms with van der Waals surface area (Å²) in [6, 6.07) is 7.96. The maximum atomic E-state index is 11.8. The lowest BCUT2D eigenvalue weighted by atomic mass is 10.1. The summed E-state index contributed by atoms with van der Waals surface area (Å²) in [5.74, 6) is -0.0232. The summed E-state index contributed by atoms with van der Waals surface area (Å²) < 4.78 is 0. The first-order chi connectivity index (χ1) is 8.13. The number of carbonyl (C=O) groups excluding carboxylic acids is 1. The van der Waals surface area contributed by atoms with Crippen molar-refractivity contribution in [2.45, 2.75) is 20.3 Å². The average Bonchev–Trinajstić information content (AvgIpc) is 2.63. The molecule has 0 spiro atoms. The molecule has 0 radical (unpaired) electrons. The van der Waals surface area contributed by atoms with Gasteiger partial charge in [-0.3, -0.25) is 4.79 Å². The lowest BCUT2D eigenvalue weighted by Crippen LogP contribution is -2.14. The minimum Gasteiger partial charge on any atom is -0.302 e. The molecule has 1 aromatic heterocycles. The van der Waals surface area contributed by atoms with Gasteiger partial charge in [0, 0.05) is 11.1 Å². The number of thiazole rings is 1. The molecule has 0 saturated carbocycles. The first-order valence-corrected chi connectivity index (χ1v) is 6.23. The SMILES string of the molecule is Cc1cccc(CC(=O)Nc2ncc(C)s2)c1. The number of anilines is 1. The highest BCUT2D eigenvalue weighted by atomic mass is 32.1. The zero-order valence-electron chi connectivity index (χ0n) is 9.86. The third-order valence-corrected chi connectivity index (χ3v) is 3.14. The first-order valence-electron chi connectivity index (χ1n) is 5.41. The van der Waals surface area contributed by atoms with Crippen molar-refractivity contribution in [2.75, 3.05) is 5.32 Å². The van der Waals surface area contributed by atoms with Gasteiger partial charge in [-0.15, -0.1) is 11.3 Å². The summed E-state index contributed by atoms with van der Waals surface area (Å²) in [6.07, 6.45) is 2.15. The predicted molar refractivity (Wildman–Crippen MR) is 70.4 cm³/mol. The van der Waals surface area contributed by atoms with E-state index in [1.165, 1.54) is 16.9 Å². The molecule has 1 aromatic carbocycles. The number of hydrogen-bond acceptors (Lipinski definition) is 3. The van der Waals surface area contributed by atoms with Crippen molar-refractivity contribution in [3.8, 4) is 0 Å². The zero-order chi connectivity index (χ0) is 12.3. The smallest absolute Gasteiger partial charge is 0.230 e. The van der Waals surface area contributed by atoms with Gasteiger partial charge in [0.15, 0.2) is 5.13 Å². The van der Waals surface area contributed by atoms with E-state index in [0.29, 0.717) is 11.6 Å². The van der Waals surface area contributed by atoms with Crippen LogP contribution in [-0.4, -0.2) is 10.9 Å². The molecule has 0 aliphatic carbocycles. The number of aromatic nitrogens is 1. The van der Waals surface area contributed by atoms with Crippen molar-refractivity contribution in [3.05, 3.63) is 46.5 Å². The molecule has 0 aliphatic rings. The highest BCUT2D eigenvalue weighted by molar-refractivity contribution is 7.15. The number of benzene rings is 1. The van der Waals surface area contributed by atoms with Crippen molar-refractivity contribution in [3.63, 3.8) is 0 Å². The van der Waals surface area contributed by atoms with Crippen LogP contribution in [0.2, 0.25) is 0 Å². The molecule has 4 heteroatoms. The molecule has 2 aromatic rings. The van der Waals surface area contributed by atoms with Gasteiger partial charge in [-0.1, -0.05) is 29.8 Å². The number of rotatable bonds is 3. The Morgan fingerprint density at radius 1 is 1.41 bits per heavy atom. The fourth-order valence-corrected chi connectivity index (χ4v) is 2.26. The van der Waals surface area contributed by atoms with Crippen LogP contribution < -0.4 is 5.32 Å². The molecule has 1 heterocycles. The Hall–Kier alpha value is -1.68. The molecule has 0 fully saturated rings. The van der Waals surface area contributed by atoms with Crippen LogP contribution in [0.15, 0.2) is 30.5 Å². The van der Waals surface area contributed by atoms with Crippen molar-refractivity contribution >= 4 is 22.4 Å². The summed E-state index contributed by atoms with van der Waals surface area (Å²) in [5, 5.41) is 3.47. The molecule has 2 rings (SSSR count). The Balaban J connectivity index is 1.98. The normalized spacial score (nSPS) is 10.2. The van der Waals surface area contributed by atoms with E-state index in [1.807, 2.05) is 38.1 Å². The highest BCUT2D eigenvalue weighted by Gasteiger charge is 2.06. The molecule has 1 amide bonds. The Labute approximate surface area is 105 Å². The van der Waals surface area contributed by atoms with Gasteiger partial charge in [0.05, 0.1) is 6.42 Å². The van der Waals surface area contributed by atoms with Gasteiger partial charge >= 0.3 is 0 Å². The van der Waals surface area contributed by atoms with E-state index in [1.54, 1.807) is 6.20 Å². The van der Waals surface area contributed by atoms with Crippen molar-refractivity contribution < 1.29 is 4.79 Å². The third kappa shape index (κ3) is 3.39. The van der Waals surface area contributed by atoms with Gasteiger partial charge in [0.1, 0.15) is 0 Å². The van der Waals surface area contributed by atoms with Gasteiger partial charge in [0.2, 0.25) is 5.91 Å². The second kappa shape index (κ2) is 5.10. The summed E-state index contributed by atoms with van der Waals surface area (Å²) in [5.41, 5.74) is 2.19. The minimum absolute atomic E-state index is 0.0232. The fraction of sp³-hybridized carbons (Fsp3) is 0.231. The van der Waals surface area contributed by atoms with Crippen LogP contribution in [0, 0.1) is 13.8 Å². The van der Waals surface area contributed by atoms with Gasteiger partial charge in [-0.25, -0.2) is 4.98 Å². The van der Waals surface area contributed by atoms with E-state index in [0.717, 1.165) is 10.4 Å². The molecule has 17 heavy (non-hydrogen) atoms. The van der Waals surface area contributed by atoms with Gasteiger partial charge in [0.25, 0.3) is 0 Å². The largest absolute Gasteiger partial charge is 0.302 e. The topological polar surface area (TPSA) is 42.0 Å². The molecule has 1 N–H and O–H groups in total. The number of nitrogens with one attached hydrogen (secondary N) is 1. The third-order valence-electron chi connectivity index (χ3n) is 2.31. The highest BCUT2D eigenvalue weighted by Crippen LogP contribution is 2.16. The van der Waals surface area contributed by atoms with Crippen LogP contribution in [0.4, 0.5) is 5.13 Å². The van der Waals surface area contributed by atoms with Crippen LogP contribution >= 0.6 is 11.3 Å². The lowest BCUT2D eigenvalue weighted by Gasteiger charge is -2.02. The van der Waals surface area contributed by atoms with Crippen LogP contribution in [0.1, 0.15) is 16.0 Å². The molecule has 0 atom stereocenters. The number of carbonyl (C=O) groups is 1. The van der Waals surface area contributed by atoms with E-state index in [-0.39, 0.29) is 5.91 Å². The van der Waals surface area contributed by atoms with Crippen LogP contribution in [0.3, 0.4) is 0 Å². The summed E-state index contributed by atoms with van der Waals surface area (Å²) >= 11 is 1.49. The number of nitrogens with zero attached hydrogens (tertiary/aromatic N) is 1. The molecule has 3 nitrogen and oxygen atoms in total. The summed E-state index contributed by atoms with van der Waals surface area (Å²) in [4.78, 5) is 17.0. The molecule has 0 saturated heterocycles. The quantitative estimate of drug-likeness (QED) is 0.904. The molecular weight excluding hydrogens is 232 g/mol. The van der Waals surface area contributed by atoms with Gasteiger partial charge in [-0.2, -0.15) is 0 Å². The standard InChI is InChI=1S/C13H14N2OS/c1-9-4-3-5-11(6-9)7-12(16)15-13-14-8-10(2)17-13/h3-6,8H,7H2,1-2H3,(H,14,15,16). The van der Waals surface area contributed by atoms with E-state index >= 15 is 0 Å². The molecule has 0 bridgehead atoms. The van der Waals surface area contributed by atoms with E-state index in [2.05, 4.69) is 10.3 Å². The molecule has 0 unspecified atom stereocenters. The summed E-state index contributed by atoms with van der Waals surface area (Å²) in [6.45, 7) is 3.99. The van der Waals surface area contributed by atoms with Gasteiger partial charge in [-0.05, 0) is 19.4 Å². The molecule has 88 valence electrons. The Kier molecular flexibility index (Phi) is 3.54.